The van der Waals surface area contributed by atoms with Crippen LogP contribution in [0.5, 0.6) is 0 Å². The molecule has 0 radical (unpaired) electrons. The minimum atomic E-state index is -2.04. The highest BCUT2D eigenvalue weighted by Crippen LogP contribution is 2.19. The maximum atomic E-state index is 11.7. The van der Waals surface area contributed by atoms with Crippen LogP contribution in [-0.2, 0) is 9.73 Å². The van der Waals surface area contributed by atoms with Gasteiger partial charge in [-0.1, -0.05) is 28.9 Å². The molecule has 0 aliphatic rings. The van der Waals surface area contributed by atoms with E-state index in [2.05, 4.69) is 20.3 Å². The lowest BCUT2D eigenvalue weighted by atomic mass is 10.3. The summed E-state index contributed by atoms with van der Waals surface area (Å²) in [7, 11) is -2.04. The topological polar surface area (TPSA) is 29.4 Å². The van der Waals surface area contributed by atoms with Gasteiger partial charge in [-0.15, -0.1) is 0 Å². The van der Waals surface area contributed by atoms with Crippen LogP contribution in [0, 0.1) is 0 Å². The Balaban J connectivity index is 3.12. The van der Waals surface area contributed by atoms with Crippen LogP contribution in [0.15, 0.2) is 33.1 Å². The molecule has 2 nitrogen and oxygen atoms in total. The number of rotatable bonds is 2. The van der Waals surface area contributed by atoms with E-state index in [0.29, 0.717) is 5.75 Å². The zero-order valence-electron chi connectivity index (χ0n) is 7.66. The summed E-state index contributed by atoms with van der Waals surface area (Å²) >= 11 is 3.34. The van der Waals surface area contributed by atoms with Gasteiger partial charge in [0.1, 0.15) is 0 Å². The summed E-state index contributed by atoms with van der Waals surface area (Å²) in [5.41, 5.74) is 0.767. The molecule has 0 amide bonds. The van der Waals surface area contributed by atoms with Gasteiger partial charge in [0.2, 0.25) is 0 Å². The quantitative estimate of drug-likeness (QED) is 0.804. The predicted octanol–water partition coefficient (Wildman–Crippen LogP) is 3.20. The molecular formula is C9H12BrNOS. The summed E-state index contributed by atoms with van der Waals surface area (Å²) in [5, 5.41) is 0. The Hall–Kier alpha value is -0.350. The van der Waals surface area contributed by atoms with E-state index in [9.17, 15) is 4.21 Å². The van der Waals surface area contributed by atoms with Crippen molar-refractivity contribution in [2.45, 2.75) is 6.92 Å². The minimum absolute atomic E-state index is 0.583. The fourth-order valence-corrected chi connectivity index (χ4v) is 1.90. The van der Waals surface area contributed by atoms with Crippen LogP contribution in [0.4, 0.5) is 5.69 Å². The van der Waals surface area contributed by atoms with Crippen molar-refractivity contribution < 1.29 is 4.21 Å². The molecule has 4 heteroatoms. The zero-order chi connectivity index (χ0) is 9.90. The number of halogens is 1. The van der Waals surface area contributed by atoms with Crippen molar-refractivity contribution in [3.05, 3.63) is 28.7 Å². The molecule has 0 fully saturated rings. The Morgan fingerprint density at radius 3 is 2.77 bits per heavy atom. The van der Waals surface area contributed by atoms with E-state index in [0.717, 1.165) is 10.2 Å². The Bertz CT molecular complexity index is 408. The SMILES string of the molecule is CCS(C)(=O)=Nc1cccc(Br)c1. The first-order valence-corrected chi connectivity index (χ1v) is 6.87. The maximum Gasteiger partial charge on any atom is 0.0741 e. The summed E-state index contributed by atoms with van der Waals surface area (Å²) in [5.74, 6) is 0.583. The van der Waals surface area contributed by atoms with Crippen LogP contribution in [-0.4, -0.2) is 16.2 Å². The maximum absolute atomic E-state index is 11.7. The second-order valence-electron chi connectivity index (χ2n) is 2.82. The molecular weight excluding hydrogens is 250 g/mol. The van der Waals surface area contributed by atoms with Gasteiger partial charge in [0.25, 0.3) is 0 Å². The zero-order valence-corrected chi connectivity index (χ0v) is 10.1. The molecule has 1 rings (SSSR count). The highest BCUT2D eigenvalue weighted by Gasteiger charge is 1.97. The van der Waals surface area contributed by atoms with Gasteiger partial charge in [-0.2, -0.15) is 4.36 Å². The molecule has 0 bridgehead atoms. The molecule has 0 saturated carbocycles. The Morgan fingerprint density at radius 2 is 2.23 bits per heavy atom. The summed E-state index contributed by atoms with van der Waals surface area (Å²) in [6.07, 6.45) is 1.67. The van der Waals surface area contributed by atoms with Crippen molar-refractivity contribution in [1.82, 2.24) is 0 Å². The van der Waals surface area contributed by atoms with E-state index in [1.165, 1.54) is 0 Å². The molecule has 1 unspecified atom stereocenters. The third kappa shape index (κ3) is 3.48. The van der Waals surface area contributed by atoms with E-state index in [4.69, 9.17) is 0 Å². The molecule has 0 saturated heterocycles. The van der Waals surface area contributed by atoms with Crippen LogP contribution in [0.25, 0.3) is 0 Å². The van der Waals surface area contributed by atoms with Crippen molar-refractivity contribution in [1.29, 1.82) is 0 Å². The third-order valence-electron chi connectivity index (χ3n) is 1.64. The van der Waals surface area contributed by atoms with Gasteiger partial charge >= 0.3 is 0 Å². The lowest BCUT2D eigenvalue weighted by Crippen LogP contribution is -1.97. The molecule has 0 N–H and O–H groups in total. The second kappa shape index (κ2) is 4.24. The molecule has 0 aliphatic heterocycles. The van der Waals surface area contributed by atoms with E-state index in [-0.39, 0.29) is 0 Å². The molecule has 0 heterocycles. The molecule has 1 aromatic rings. The molecule has 0 aliphatic carbocycles. The van der Waals surface area contributed by atoms with E-state index < -0.39 is 9.73 Å². The van der Waals surface area contributed by atoms with E-state index >= 15 is 0 Å². The highest BCUT2D eigenvalue weighted by atomic mass is 79.9. The molecule has 1 aromatic carbocycles. The Kier molecular flexibility index (Phi) is 3.50. The van der Waals surface area contributed by atoms with Gasteiger partial charge in [0.05, 0.1) is 5.69 Å². The average Bonchev–Trinajstić information content (AvgIpc) is 2.03. The summed E-state index contributed by atoms with van der Waals surface area (Å²) in [4.78, 5) is 0. The van der Waals surface area contributed by atoms with Crippen molar-refractivity contribution in [2.24, 2.45) is 4.36 Å². The van der Waals surface area contributed by atoms with Crippen molar-refractivity contribution in [3.63, 3.8) is 0 Å². The minimum Gasteiger partial charge on any atom is -0.250 e. The number of nitrogens with zero attached hydrogens (tertiary/aromatic N) is 1. The van der Waals surface area contributed by atoms with Crippen molar-refractivity contribution in [3.8, 4) is 0 Å². The number of hydrogen-bond donors (Lipinski definition) is 0. The van der Waals surface area contributed by atoms with Gasteiger partial charge in [-0.05, 0) is 18.2 Å². The van der Waals surface area contributed by atoms with E-state index in [1.54, 1.807) is 6.26 Å². The molecule has 0 spiro atoms. The standard InChI is InChI=1S/C9H12BrNOS/c1-3-13(2,12)11-9-6-4-5-8(10)7-9/h4-7H,3H2,1-2H3. The highest BCUT2D eigenvalue weighted by molar-refractivity contribution is 9.10. The van der Waals surface area contributed by atoms with Crippen molar-refractivity contribution in [2.75, 3.05) is 12.0 Å². The molecule has 1 atom stereocenters. The van der Waals surface area contributed by atoms with Crippen LogP contribution < -0.4 is 0 Å². The lowest BCUT2D eigenvalue weighted by molar-refractivity contribution is 0.681. The predicted molar refractivity (Wildman–Crippen MR) is 60.8 cm³/mol. The van der Waals surface area contributed by atoms with Gasteiger partial charge in [-0.3, -0.25) is 0 Å². The summed E-state index contributed by atoms with van der Waals surface area (Å²) in [6, 6.07) is 7.51. The monoisotopic (exact) mass is 261 g/mol. The van der Waals surface area contributed by atoms with Crippen LogP contribution in [0.1, 0.15) is 6.92 Å². The summed E-state index contributed by atoms with van der Waals surface area (Å²) in [6.45, 7) is 1.88. The first-order valence-electron chi connectivity index (χ1n) is 3.99. The molecule has 0 aromatic heterocycles. The molecule has 13 heavy (non-hydrogen) atoms. The largest absolute Gasteiger partial charge is 0.250 e. The average molecular weight is 262 g/mol. The third-order valence-corrected chi connectivity index (χ3v) is 3.80. The van der Waals surface area contributed by atoms with Gasteiger partial charge in [0.15, 0.2) is 0 Å². The summed E-state index contributed by atoms with van der Waals surface area (Å²) < 4.78 is 16.8. The normalized spacial score (nSPS) is 15.0. The van der Waals surface area contributed by atoms with Crippen molar-refractivity contribution >= 4 is 31.3 Å². The number of benzene rings is 1. The van der Waals surface area contributed by atoms with Gasteiger partial charge in [-0.25, -0.2) is 4.21 Å². The smallest absolute Gasteiger partial charge is 0.0741 e. The first kappa shape index (κ1) is 10.7. The van der Waals surface area contributed by atoms with Crippen LogP contribution in [0.3, 0.4) is 0 Å². The van der Waals surface area contributed by atoms with Crippen LogP contribution >= 0.6 is 15.9 Å². The fraction of sp³-hybridized carbons (Fsp3) is 0.333. The van der Waals surface area contributed by atoms with E-state index in [1.807, 2.05) is 31.2 Å². The lowest BCUT2D eigenvalue weighted by Gasteiger charge is -1.99. The molecule has 72 valence electrons. The number of hydrogen-bond acceptors (Lipinski definition) is 2. The van der Waals surface area contributed by atoms with Crippen LogP contribution in [0.2, 0.25) is 0 Å². The van der Waals surface area contributed by atoms with Gasteiger partial charge in [0, 0.05) is 26.2 Å². The van der Waals surface area contributed by atoms with Gasteiger partial charge < -0.3 is 0 Å². The Labute approximate surface area is 87.7 Å². The first-order chi connectivity index (χ1) is 6.03. The Morgan fingerprint density at radius 1 is 1.54 bits per heavy atom. The fourth-order valence-electron chi connectivity index (χ4n) is 0.820. The second-order valence-corrected chi connectivity index (χ2v) is 6.41.